The summed E-state index contributed by atoms with van der Waals surface area (Å²) in [7, 11) is 0. The van der Waals surface area contributed by atoms with Crippen LogP contribution in [0, 0.1) is 6.92 Å². The average Bonchev–Trinajstić information content (AvgIpc) is 3.55. The van der Waals surface area contributed by atoms with E-state index in [0.717, 1.165) is 35.6 Å². The normalized spacial score (nSPS) is 20.7. The topological polar surface area (TPSA) is 209 Å². The van der Waals surface area contributed by atoms with Gasteiger partial charge >= 0.3 is 12.1 Å². The molecule has 5 rings (SSSR count). The van der Waals surface area contributed by atoms with E-state index in [1.54, 1.807) is 0 Å². The number of nitrogens with two attached hydrogens (primary N) is 1. The first kappa shape index (κ1) is 32.8. The van der Waals surface area contributed by atoms with E-state index >= 15 is 0 Å². The smallest absolute Gasteiger partial charge is 0.431 e. The summed E-state index contributed by atoms with van der Waals surface area (Å²) in [6.07, 6.45) is 0.0322. The molecule has 0 spiro atoms. The van der Waals surface area contributed by atoms with Crippen LogP contribution in [0.2, 0.25) is 0 Å². The van der Waals surface area contributed by atoms with Crippen LogP contribution in [0.3, 0.4) is 0 Å². The standard InChI is InChI=1S/C23H25N7O8S4.ClH/c1-9-27-28-22(42-9)41-7-11-6-39-19-15(26-17(31)14(29-35)13-8-40-21(24)25-13)18(32)30(19)16(11)20(33)36-10(2)37-23(34)38-12-4-3-5-12;/h8,10,12,15,19,35H,3-7H2,1-2H3,(H2,24,25)(H,26,31);1H/b29-14-;/t10?,15-,19+;/m1./s1. The van der Waals surface area contributed by atoms with Gasteiger partial charge in [-0.15, -0.1) is 45.7 Å². The molecule has 3 aliphatic rings. The Morgan fingerprint density at radius 3 is 2.67 bits per heavy atom. The number of ether oxygens (including phenoxy) is 3. The molecule has 1 unspecified atom stereocenters. The number of halogens is 1. The van der Waals surface area contributed by atoms with Gasteiger partial charge in [0.05, 0.1) is 0 Å². The molecule has 3 atom stereocenters. The second-order valence-corrected chi connectivity index (χ2v) is 13.6. The van der Waals surface area contributed by atoms with Gasteiger partial charge in [0.25, 0.3) is 11.8 Å². The first-order valence-electron chi connectivity index (χ1n) is 12.6. The molecule has 4 N–H and O–H groups in total. The first-order valence-corrected chi connectivity index (χ1v) is 16.3. The number of nitrogens with one attached hydrogen (secondary N) is 1. The van der Waals surface area contributed by atoms with E-state index < -0.39 is 47.4 Å². The highest BCUT2D eigenvalue weighted by atomic mass is 35.5. The van der Waals surface area contributed by atoms with Crippen LogP contribution in [-0.2, 0) is 28.6 Å². The molecule has 2 fully saturated rings. The number of thiazole rings is 1. The van der Waals surface area contributed by atoms with Gasteiger partial charge in [0, 0.05) is 23.8 Å². The summed E-state index contributed by atoms with van der Waals surface area (Å²) in [5.41, 5.74) is 5.85. The molecule has 1 saturated heterocycles. The molecule has 232 valence electrons. The van der Waals surface area contributed by atoms with Gasteiger partial charge in [0.1, 0.15) is 33.9 Å². The van der Waals surface area contributed by atoms with E-state index in [2.05, 4.69) is 25.7 Å². The lowest BCUT2D eigenvalue weighted by Crippen LogP contribution is -2.71. The Hall–Kier alpha value is -3.13. The predicted molar refractivity (Wildman–Crippen MR) is 160 cm³/mol. The quantitative estimate of drug-likeness (QED) is 0.0622. The number of esters is 1. The molecule has 15 nitrogen and oxygen atoms in total. The Bertz CT molecular complexity index is 1460. The number of amides is 2. The number of carbonyl (C=O) groups is 4. The maximum atomic E-state index is 13.4. The van der Waals surface area contributed by atoms with Crippen LogP contribution in [0.5, 0.6) is 0 Å². The molecule has 0 radical (unpaired) electrons. The molecule has 2 aromatic rings. The van der Waals surface area contributed by atoms with Gasteiger partial charge in [-0.1, -0.05) is 28.3 Å². The molecule has 2 aromatic heterocycles. The van der Waals surface area contributed by atoms with Crippen molar-refractivity contribution in [2.75, 3.05) is 17.2 Å². The van der Waals surface area contributed by atoms with E-state index in [4.69, 9.17) is 19.9 Å². The Morgan fingerprint density at radius 2 is 2.07 bits per heavy atom. The van der Waals surface area contributed by atoms with Crippen LogP contribution >= 0.6 is 58.6 Å². The van der Waals surface area contributed by atoms with Crippen LogP contribution in [-0.4, -0.2) is 90.3 Å². The molecule has 20 heteroatoms. The first-order chi connectivity index (χ1) is 20.1. The van der Waals surface area contributed by atoms with Gasteiger partial charge in [0.2, 0.25) is 6.29 Å². The third kappa shape index (κ3) is 7.34. The van der Waals surface area contributed by atoms with Gasteiger partial charge in [-0.3, -0.25) is 14.5 Å². The van der Waals surface area contributed by atoms with Crippen LogP contribution in [0.1, 0.15) is 36.9 Å². The zero-order chi connectivity index (χ0) is 30.0. The highest BCUT2D eigenvalue weighted by Crippen LogP contribution is 2.42. The molecule has 4 heterocycles. The Morgan fingerprint density at radius 1 is 1.30 bits per heavy atom. The van der Waals surface area contributed by atoms with Crippen molar-refractivity contribution < 1.29 is 38.6 Å². The number of aryl methyl sites for hydroxylation is 1. The minimum Gasteiger partial charge on any atom is -0.431 e. The molecule has 2 aliphatic heterocycles. The van der Waals surface area contributed by atoms with E-state index in [1.807, 2.05) is 6.92 Å². The van der Waals surface area contributed by atoms with Crippen molar-refractivity contribution in [2.45, 2.75) is 61.3 Å². The van der Waals surface area contributed by atoms with E-state index in [0.29, 0.717) is 21.4 Å². The Kier molecular flexibility index (Phi) is 10.8. The van der Waals surface area contributed by atoms with Gasteiger partial charge in [0.15, 0.2) is 15.2 Å². The molecule has 0 bridgehead atoms. The number of nitrogen functional groups attached to an aromatic ring is 1. The van der Waals surface area contributed by atoms with E-state index in [9.17, 15) is 24.4 Å². The zero-order valence-electron chi connectivity index (χ0n) is 22.6. The summed E-state index contributed by atoms with van der Waals surface area (Å²) in [5, 5.41) is 24.8. The fourth-order valence-corrected chi connectivity index (χ4v) is 7.95. The minimum absolute atomic E-state index is 0. The molecule has 43 heavy (non-hydrogen) atoms. The number of aromatic nitrogens is 3. The SMILES string of the molecule is Cc1nnc(SCC2=C(C(=O)OC(C)OC(=O)OC3CCC3)N3C(=O)[C@@H](NC(=O)/C(=N\O)c4csc(N)n4)[C@@H]3SC2)s1.Cl. The fourth-order valence-electron chi connectivity index (χ4n) is 4.11. The largest absolute Gasteiger partial charge is 0.511 e. The molecule has 1 aliphatic carbocycles. The van der Waals surface area contributed by atoms with Gasteiger partial charge in [-0.25, -0.2) is 14.6 Å². The van der Waals surface area contributed by atoms with Crippen molar-refractivity contribution in [1.29, 1.82) is 0 Å². The van der Waals surface area contributed by atoms with Crippen LogP contribution in [0.15, 0.2) is 26.1 Å². The molecule has 2 amide bonds. The number of hydrogen-bond acceptors (Lipinski definition) is 17. The van der Waals surface area contributed by atoms with Gasteiger partial charge < -0.3 is 30.5 Å². The summed E-state index contributed by atoms with van der Waals surface area (Å²) in [6, 6.07) is -1.02. The monoisotopic (exact) mass is 691 g/mol. The summed E-state index contributed by atoms with van der Waals surface area (Å²) in [5.74, 6) is -1.64. The molecule has 1 saturated carbocycles. The van der Waals surface area contributed by atoms with Crippen molar-refractivity contribution in [1.82, 2.24) is 25.4 Å². The maximum Gasteiger partial charge on any atom is 0.511 e. The fraction of sp³-hybridized carbons (Fsp3) is 0.478. The van der Waals surface area contributed by atoms with Crippen molar-refractivity contribution in [2.24, 2.45) is 5.16 Å². The third-order valence-corrected chi connectivity index (χ3v) is 10.4. The van der Waals surface area contributed by atoms with Crippen molar-refractivity contribution in [3.63, 3.8) is 0 Å². The summed E-state index contributed by atoms with van der Waals surface area (Å²) in [4.78, 5) is 56.8. The lowest BCUT2D eigenvalue weighted by molar-refractivity contribution is -0.170. The average molecular weight is 692 g/mol. The molecule has 0 aromatic carbocycles. The van der Waals surface area contributed by atoms with Crippen LogP contribution in [0.25, 0.3) is 0 Å². The second-order valence-electron chi connectivity index (χ2n) is 9.22. The maximum absolute atomic E-state index is 13.4. The number of oxime groups is 1. The van der Waals surface area contributed by atoms with E-state index in [1.165, 1.54) is 52.1 Å². The Balaban J connectivity index is 0.00000423. The van der Waals surface area contributed by atoms with Crippen LogP contribution < -0.4 is 11.1 Å². The third-order valence-electron chi connectivity index (χ3n) is 6.33. The molecular formula is C23H26ClN7O8S4. The number of rotatable bonds is 10. The second kappa shape index (κ2) is 14.1. The van der Waals surface area contributed by atoms with Gasteiger partial charge in [-0.2, -0.15) is 0 Å². The summed E-state index contributed by atoms with van der Waals surface area (Å²) in [6.45, 7) is 3.20. The zero-order valence-corrected chi connectivity index (χ0v) is 26.7. The number of fused-ring (bicyclic) bond motifs is 1. The number of carbonyl (C=O) groups excluding carboxylic acids is 4. The highest BCUT2D eigenvalue weighted by molar-refractivity contribution is 8.01. The highest BCUT2D eigenvalue weighted by Gasteiger charge is 2.55. The van der Waals surface area contributed by atoms with Crippen molar-refractivity contribution >= 4 is 93.4 Å². The lowest BCUT2D eigenvalue weighted by atomic mass is 9.96. The van der Waals surface area contributed by atoms with Gasteiger partial charge in [-0.05, 0) is 31.8 Å². The summed E-state index contributed by atoms with van der Waals surface area (Å²) < 4.78 is 16.3. The number of hydrogen-bond donors (Lipinski definition) is 3. The number of anilines is 1. The Labute approximate surface area is 267 Å². The lowest BCUT2D eigenvalue weighted by Gasteiger charge is -2.49. The molecular weight excluding hydrogens is 666 g/mol. The number of β-lactam (4-membered cyclic amide) rings is 1. The van der Waals surface area contributed by atoms with Crippen molar-refractivity contribution in [3.05, 3.63) is 27.4 Å². The predicted octanol–water partition coefficient (Wildman–Crippen LogP) is 2.53. The number of thioether (sulfide) groups is 2. The summed E-state index contributed by atoms with van der Waals surface area (Å²) >= 11 is 5.14. The van der Waals surface area contributed by atoms with Crippen molar-refractivity contribution in [3.8, 4) is 0 Å². The minimum atomic E-state index is -1.29. The van der Waals surface area contributed by atoms with Crippen LogP contribution in [0.4, 0.5) is 9.93 Å². The number of nitrogens with zero attached hydrogens (tertiary/aromatic N) is 5. The van der Waals surface area contributed by atoms with E-state index in [-0.39, 0.29) is 35.0 Å².